The summed E-state index contributed by atoms with van der Waals surface area (Å²) >= 11 is 1.55. The average Bonchev–Trinajstić information content (AvgIpc) is 3.06. The molecule has 2 N–H and O–H groups in total. The normalized spacial score (nSPS) is 16.0. The minimum atomic E-state index is -1.29. The minimum Gasteiger partial charge on any atom is -0.487 e. The number of carbonyl (C=O) groups excluding carboxylic acids is 1. The van der Waals surface area contributed by atoms with Gasteiger partial charge in [0.25, 0.3) is 5.91 Å². The molecule has 0 atom stereocenters. The number of nitrogens with zero attached hydrogens (tertiary/aromatic N) is 1. The first-order valence-electron chi connectivity index (χ1n) is 8.26. The van der Waals surface area contributed by atoms with Crippen LogP contribution in [-0.2, 0) is 16.1 Å². The van der Waals surface area contributed by atoms with Gasteiger partial charge in [-0.15, -0.1) is 11.3 Å². The van der Waals surface area contributed by atoms with Gasteiger partial charge in [-0.2, -0.15) is 0 Å². The summed E-state index contributed by atoms with van der Waals surface area (Å²) in [5, 5.41) is 15.1. The molecule has 1 aromatic heterocycles. The summed E-state index contributed by atoms with van der Waals surface area (Å²) < 4.78 is 10.9. The van der Waals surface area contributed by atoms with Crippen LogP contribution >= 0.6 is 11.3 Å². The van der Waals surface area contributed by atoms with Crippen LogP contribution in [0.3, 0.4) is 0 Å². The highest BCUT2D eigenvalue weighted by molar-refractivity contribution is 7.09. The van der Waals surface area contributed by atoms with E-state index in [1.807, 2.05) is 12.3 Å². The summed E-state index contributed by atoms with van der Waals surface area (Å²) in [6, 6.07) is 6.68. The van der Waals surface area contributed by atoms with Crippen molar-refractivity contribution < 1.29 is 24.2 Å². The molecule has 0 bridgehead atoms. The van der Waals surface area contributed by atoms with Gasteiger partial charge in [0, 0.05) is 37.0 Å². The fraction of sp³-hybridized carbons (Fsp3) is 0.389. The molecule has 2 heterocycles. The average molecular weight is 376 g/mol. The zero-order valence-corrected chi connectivity index (χ0v) is 15.2. The molecular formula is C18H20N2O5S. The number of rotatable bonds is 6. The maximum absolute atomic E-state index is 12.6. The predicted octanol–water partition coefficient (Wildman–Crippen LogP) is 2.39. The molecule has 8 heteroatoms. The third-order valence-electron chi connectivity index (χ3n) is 4.26. The largest absolute Gasteiger partial charge is 0.487 e. The number of aryl methyl sites for hydroxylation is 1. The molecule has 0 spiro atoms. The third kappa shape index (κ3) is 4.20. The number of ether oxygens (including phenoxy) is 2. The van der Waals surface area contributed by atoms with Crippen LogP contribution in [0, 0.1) is 6.92 Å². The van der Waals surface area contributed by atoms with Gasteiger partial charge in [0.1, 0.15) is 17.9 Å². The molecule has 1 aliphatic rings. The smallest absolute Gasteiger partial charge is 0.329 e. The Labute approximate surface area is 155 Å². The van der Waals surface area contributed by atoms with Gasteiger partial charge < -0.3 is 19.9 Å². The highest BCUT2D eigenvalue weighted by Crippen LogP contribution is 2.23. The second-order valence-electron chi connectivity index (χ2n) is 6.13. The van der Waals surface area contributed by atoms with E-state index in [2.05, 4.69) is 10.3 Å². The lowest BCUT2D eigenvalue weighted by Gasteiger charge is -2.33. The predicted molar refractivity (Wildman–Crippen MR) is 95.5 cm³/mol. The lowest BCUT2D eigenvalue weighted by Crippen LogP contribution is -2.57. The maximum atomic E-state index is 12.6. The van der Waals surface area contributed by atoms with Crippen LogP contribution in [0.25, 0.3) is 0 Å². The van der Waals surface area contributed by atoms with E-state index in [0.717, 1.165) is 10.7 Å². The quantitative estimate of drug-likeness (QED) is 0.803. The summed E-state index contributed by atoms with van der Waals surface area (Å²) in [6.07, 6.45) is 0.487. The monoisotopic (exact) mass is 376 g/mol. The van der Waals surface area contributed by atoms with Gasteiger partial charge in [-0.25, -0.2) is 9.78 Å². The van der Waals surface area contributed by atoms with Crippen LogP contribution in [0.4, 0.5) is 0 Å². The summed E-state index contributed by atoms with van der Waals surface area (Å²) in [5.41, 5.74) is -0.108. The fourth-order valence-electron chi connectivity index (χ4n) is 2.76. The molecular weight excluding hydrogens is 356 g/mol. The molecule has 1 aliphatic heterocycles. The number of carboxylic acids is 1. The van der Waals surface area contributed by atoms with Crippen molar-refractivity contribution in [1.82, 2.24) is 10.3 Å². The van der Waals surface area contributed by atoms with Crippen LogP contribution in [0.1, 0.15) is 33.9 Å². The lowest BCUT2D eigenvalue weighted by atomic mass is 9.89. The van der Waals surface area contributed by atoms with E-state index >= 15 is 0 Å². The zero-order valence-electron chi connectivity index (χ0n) is 14.4. The number of aromatic nitrogens is 1. The van der Waals surface area contributed by atoms with Gasteiger partial charge in [-0.1, -0.05) is 6.07 Å². The summed E-state index contributed by atoms with van der Waals surface area (Å²) in [5.74, 6) is -0.954. The Morgan fingerprint density at radius 3 is 2.81 bits per heavy atom. The molecule has 0 aliphatic carbocycles. The first-order chi connectivity index (χ1) is 12.5. The number of amides is 1. The molecule has 138 valence electrons. The Morgan fingerprint density at radius 2 is 2.15 bits per heavy atom. The molecule has 1 saturated heterocycles. The van der Waals surface area contributed by atoms with Crippen LogP contribution in [0.2, 0.25) is 0 Å². The van der Waals surface area contributed by atoms with Crippen molar-refractivity contribution in [2.75, 3.05) is 13.2 Å². The summed E-state index contributed by atoms with van der Waals surface area (Å²) in [4.78, 5) is 28.6. The number of hydrogen-bond acceptors (Lipinski definition) is 6. The SMILES string of the molecule is Cc1nc(COc2cccc(C(=O)NC3(C(=O)O)CCOCC3)c2)cs1. The van der Waals surface area contributed by atoms with Gasteiger partial charge in [-0.3, -0.25) is 4.79 Å². The van der Waals surface area contributed by atoms with Crippen molar-refractivity contribution in [3.8, 4) is 5.75 Å². The molecule has 0 unspecified atom stereocenters. The van der Waals surface area contributed by atoms with E-state index in [1.54, 1.807) is 35.6 Å². The van der Waals surface area contributed by atoms with E-state index in [0.29, 0.717) is 31.1 Å². The molecule has 2 aromatic rings. The van der Waals surface area contributed by atoms with E-state index in [1.165, 1.54) is 0 Å². The van der Waals surface area contributed by atoms with Crippen molar-refractivity contribution in [2.24, 2.45) is 0 Å². The second kappa shape index (κ2) is 7.84. The highest BCUT2D eigenvalue weighted by Gasteiger charge is 2.41. The topological polar surface area (TPSA) is 97.8 Å². The Bertz CT molecular complexity index is 798. The maximum Gasteiger partial charge on any atom is 0.329 e. The number of thiazole rings is 1. The Morgan fingerprint density at radius 1 is 1.38 bits per heavy atom. The fourth-order valence-corrected chi connectivity index (χ4v) is 3.36. The molecule has 26 heavy (non-hydrogen) atoms. The Hall–Kier alpha value is -2.45. The van der Waals surface area contributed by atoms with Crippen LogP contribution in [-0.4, -0.2) is 40.7 Å². The highest BCUT2D eigenvalue weighted by atomic mass is 32.1. The zero-order chi connectivity index (χ0) is 18.6. The number of nitrogens with one attached hydrogen (secondary N) is 1. The second-order valence-corrected chi connectivity index (χ2v) is 7.19. The van der Waals surface area contributed by atoms with E-state index < -0.39 is 17.4 Å². The van der Waals surface area contributed by atoms with Crippen LogP contribution in [0.5, 0.6) is 5.75 Å². The molecule has 0 saturated carbocycles. The van der Waals surface area contributed by atoms with E-state index in [-0.39, 0.29) is 12.8 Å². The Kier molecular flexibility index (Phi) is 5.53. The van der Waals surface area contributed by atoms with E-state index in [9.17, 15) is 14.7 Å². The van der Waals surface area contributed by atoms with E-state index in [4.69, 9.17) is 9.47 Å². The lowest BCUT2D eigenvalue weighted by molar-refractivity contribution is -0.148. The number of aliphatic carboxylic acids is 1. The van der Waals surface area contributed by atoms with Crippen LogP contribution < -0.4 is 10.1 Å². The molecule has 1 fully saturated rings. The number of carbonyl (C=O) groups is 2. The standard InChI is InChI=1S/C18H20N2O5S/c1-12-19-14(11-26-12)10-25-15-4-2-3-13(9-15)16(21)20-18(17(22)23)5-7-24-8-6-18/h2-4,9,11H,5-8,10H2,1H3,(H,20,21)(H,22,23). The molecule has 1 aromatic carbocycles. The summed E-state index contributed by atoms with van der Waals surface area (Å²) in [6.45, 7) is 2.85. The number of carboxylic acid groups (broad SMARTS) is 1. The first-order valence-corrected chi connectivity index (χ1v) is 9.14. The molecule has 1 amide bonds. The van der Waals surface area contributed by atoms with Crippen LogP contribution in [0.15, 0.2) is 29.6 Å². The van der Waals surface area contributed by atoms with Gasteiger partial charge >= 0.3 is 5.97 Å². The van der Waals surface area contributed by atoms with Crippen molar-refractivity contribution in [1.29, 1.82) is 0 Å². The molecule has 0 radical (unpaired) electrons. The van der Waals surface area contributed by atoms with Gasteiger partial charge in [-0.05, 0) is 25.1 Å². The van der Waals surface area contributed by atoms with Crippen molar-refractivity contribution in [3.05, 3.63) is 45.9 Å². The molecule has 3 rings (SSSR count). The first kappa shape index (κ1) is 18.3. The minimum absolute atomic E-state index is 0.243. The third-order valence-corrected chi connectivity index (χ3v) is 5.08. The van der Waals surface area contributed by atoms with Crippen molar-refractivity contribution >= 4 is 23.2 Å². The van der Waals surface area contributed by atoms with Gasteiger partial charge in [0.2, 0.25) is 0 Å². The Balaban J connectivity index is 1.68. The molecule has 7 nitrogen and oxygen atoms in total. The summed E-state index contributed by atoms with van der Waals surface area (Å²) in [7, 11) is 0. The number of benzene rings is 1. The van der Waals surface area contributed by atoms with Gasteiger partial charge in [0.15, 0.2) is 0 Å². The number of hydrogen-bond donors (Lipinski definition) is 2. The van der Waals surface area contributed by atoms with Crippen molar-refractivity contribution in [3.63, 3.8) is 0 Å². The van der Waals surface area contributed by atoms with Gasteiger partial charge in [0.05, 0.1) is 10.7 Å². The van der Waals surface area contributed by atoms with Crippen molar-refractivity contribution in [2.45, 2.75) is 31.9 Å².